The molecule has 3 aliphatic rings. The minimum Gasteiger partial charge on any atom is -0.508 e. The Morgan fingerprint density at radius 2 is 1.76 bits per heavy atom. The molecule has 0 bridgehead atoms. The first-order valence-electron chi connectivity index (χ1n) is 14.2. The van der Waals surface area contributed by atoms with Crippen molar-refractivity contribution in [3.63, 3.8) is 0 Å². The second-order valence-electron chi connectivity index (χ2n) is 12.8. The van der Waals surface area contributed by atoms with E-state index in [-0.39, 0.29) is 29.7 Å². The number of aryl methyl sites for hydroxylation is 1. The average molecular weight is 573 g/mol. The highest BCUT2D eigenvalue weighted by Crippen LogP contribution is 2.65. The van der Waals surface area contributed by atoms with Gasteiger partial charge in [-0.15, -0.1) is 0 Å². The molecule has 8 heteroatoms. The van der Waals surface area contributed by atoms with Gasteiger partial charge in [0.15, 0.2) is 17.2 Å². The third-order valence-corrected chi connectivity index (χ3v) is 9.85. The molecule has 8 nitrogen and oxygen atoms in total. The number of fused-ring (bicyclic) bond motifs is 3. The number of phenols is 1. The van der Waals surface area contributed by atoms with E-state index in [1.165, 1.54) is 6.07 Å². The van der Waals surface area contributed by atoms with Crippen molar-refractivity contribution in [2.45, 2.75) is 66.4 Å². The normalized spacial score (nSPS) is 28.9. The molecule has 4 atom stereocenters. The van der Waals surface area contributed by atoms with Gasteiger partial charge < -0.3 is 20.4 Å². The minimum atomic E-state index is -2.65. The molecule has 1 saturated carbocycles. The lowest BCUT2D eigenvalue weighted by Gasteiger charge is -2.59. The number of carbonyl (C=O) groups is 4. The van der Waals surface area contributed by atoms with Gasteiger partial charge in [0.1, 0.15) is 29.1 Å². The molecule has 0 radical (unpaired) electrons. The maximum Gasteiger partial charge on any atom is 0.203 e. The van der Waals surface area contributed by atoms with Crippen LogP contribution in [0.1, 0.15) is 75.0 Å². The molecular weight excluding hydrogens is 536 g/mol. The topological polar surface area (TPSA) is 149 Å². The first-order valence-corrected chi connectivity index (χ1v) is 14.2. The third kappa shape index (κ3) is 3.63. The van der Waals surface area contributed by atoms with Crippen molar-refractivity contribution in [3.05, 3.63) is 69.5 Å². The lowest BCUT2D eigenvalue weighted by Crippen LogP contribution is -2.69. The molecule has 0 aliphatic heterocycles. The van der Waals surface area contributed by atoms with Crippen LogP contribution in [0, 0.1) is 22.7 Å². The van der Waals surface area contributed by atoms with Crippen LogP contribution in [-0.2, 0) is 27.2 Å². The van der Waals surface area contributed by atoms with Gasteiger partial charge in [-0.3, -0.25) is 19.2 Å². The molecule has 5 rings (SSSR count). The van der Waals surface area contributed by atoms with Crippen LogP contribution >= 0.6 is 0 Å². The first kappa shape index (κ1) is 29.5. The summed E-state index contributed by atoms with van der Waals surface area (Å²) in [7, 11) is 0. The van der Waals surface area contributed by atoms with Crippen LogP contribution in [0.25, 0.3) is 16.9 Å². The number of rotatable bonds is 5. The van der Waals surface area contributed by atoms with Crippen molar-refractivity contribution in [1.29, 1.82) is 0 Å². The van der Waals surface area contributed by atoms with Gasteiger partial charge >= 0.3 is 0 Å². The molecule has 1 fully saturated rings. The van der Waals surface area contributed by atoms with Crippen LogP contribution in [0.3, 0.4) is 0 Å². The van der Waals surface area contributed by atoms with Gasteiger partial charge in [-0.25, -0.2) is 0 Å². The highest BCUT2D eigenvalue weighted by atomic mass is 16.3. The zero-order valence-electron chi connectivity index (χ0n) is 24.7. The highest BCUT2D eigenvalue weighted by molar-refractivity contribution is 6.24. The fourth-order valence-corrected chi connectivity index (χ4v) is 8.18. The average Bonchev–Trinajstić information content (AvgIpc) is 2.90. The summed E-state index contributed by atoms with van der Waals surface area (Å²) in [6, 6.07) is 8.57. The van der Waals surface area contributed by atoms with Crippen molar-refractivity contribution in [3.8, 4) is 16.9 Å². The van der Waals surface area contributed by atoms with Crippen LogP contribution in [0.15, 0.2) is 47.2 Å². The van der Waals surface area contributed by atoms with E-state index in [0.717, 1.165) is 18.8 Å². The molecule has 0 aromatic heterocycles. The zero-order valence-corrected chi connectivity index (χ0v) is 24.7. The number of Topliss-reactive ketones (excluding diaryl/α,β-unsaturated/α-hetero) is 3. The Bertz CT molecular complexity index is 1660. The first-order chi connectivity index (χ1) is 19.6. The number of hydrogen-bond acceptors (Lipinski definition) is 8. The summed E-state index contributed by atoms with van der Waals surface area (Å²) in [5.74, 6) is -5.58. The molecule has 0 saturated heterocycles. The smallest absolute Gasteiger partial charge is 0.203 e. The van der Waals surface area contributed by atoms with Crippen molar-refractivity contribution >= 4 is 29.4 Å². The summed E-state index contributed by atoms with van der Waals surface area (Å²) in [6.07, 6.45) is 1.61. The number of aliphatic hydroxyl groups excluding tert-OH is 2. The van der Waals surface area contributed by atoms with Crippen LogP contribution < -0.4 is 0 Å². The van der Waals surface area contributed by atoms with E-state index in [4.69, 9.17) is 0 Å². The monoisotopic (exact) mass is 572 g/mol. The number of aromatic hydroxyl groups is 1. The maximum absolute atomic E-state index is 14.4. The number of aldehydes is 1. The van der Waals surface area contributed by atoms with Gasteiger partial charge in [0.25, 0.3) is 0 Å². The third-order valence-electron chi connectivity index (χ3n) is 9.85. The van der Waals surface area contributed by atoms with Crippen LogP contribution in [0.2, 0.25) is 0 Å². The summed E-state index contributed by atoms with van der Waals surface area (Å²) >= 11 is 0. The fraction of sp³-hybridized carbons (Fsp3) is 0.412. The lowest BCUT2D eigenvalue weighted by atomic mass is 9.43. The maximum atomic E-state index is 14.4. The number of ketones is 3. The largest absolute Gasteiger partial charge is 0.508 e. The number of hydrogen-bond donors (Lipinski definition) is 4. The van der Waals surface area contributed by atoms with Gasteiger partial charge in [-0.05, 0) is 66.5 Å². The Morgan fingerprint density at radius 3 is 2.33 bits per heavy atom. The minimum absolute atomic E-state index is 0.00829. The van der Waals surface area contributed by atoms with E-state index >= 15 is 0 Å². The van der Waals surface area contributed by atoms with Crippen LogP contribution in [0.4, 0.5) is 0 Å². The van der Waals surface area contributed by atoms with Gasteiger partial charge in [-0.1, -0.05) is 52.8 Å². The van der Waals surface area contributed by atoms with Crippen molar-refractivity contribution in [1.82, 2.24) is 0 Å². The molecule has 3 aliphatic carbocycles. The molecule has 220 valence electrons. The van der Waals surface area contributed by atoms with Gasteiger partial charge in [0, 0.05) is 27.9 Å². The van der Waals surface area contributed by atoms with Gasteiger partial charge in [0.2, 0.25) is 5.78 Å². The molecule has 4 N–H and O–H groups in total. The summed E-state index contributed by atoms with van der Waals surface area (Å²) in [5, 5.41) is 46.1. The second kappa shape index (κ2) is 9.49. The highest BCUT2D eigenvalue weighted by Gasteiger charge is 2.72. The summed E-state index contributed by atoms with van der Waals surface area (Å²) in [6.45, 7) is 9.92. The molecule has 1 unspecified atom stereocenters. The fourth-order valence-electron chi connectivity index (χ4n) is 8.18. The van der Waals surface area contributed by atoms with Crippen LogP contribution in [-0.4, -0.2) is 49.7 Å². The molecule has 0 amide bonds. The Kier molecular flexibility index (Phi) is 6.66. The summed E-state index contributed by atoms with van der Waals surface area (Å²) in [5.41, 5.74) is -2.78. The van der Waals surface area contributed by atoms with E-state index < -0.39 is 62.7 Å². The Balaban J connectivity index is 1.81. The van der Waals surface area contributed by atoms with Crippen molar-refractivity contribution < 1.29 is 39.6 Å². The number of allylic oxidation sites excluding steroid dienone is 1. The number of carbonyl (C=O) groups excluding carboxylic acids is 4. The molecule has 42 heavy (non-hydrogen) atoms. The van der Waals surface area contributed by atoms with Crippen molar-refractivity contribution in [2.24, 2.45) is 22.7 Å². The molecule has 2 aromatic carbocycles. The Morgan fingerprint density at radius 1 is 1.10 bits per heavy atom. The second-order valence-corrected chi connectivity index (χ2v) is 12.8. The van der Waals surface area contributed by atoms with Crippen molar-refractivity contribution in [2.75, 3.05) is 0 Å². The molecule has 0 spiro atoms. The SMILES string of the molecule is CCc1ccc(-c2ccc(O)c3c2C[C@]2(C)C[C@]4(C)C(C(C)C)C(=O)C(C(C)=O)=C(O)[C@]4(O)C(=O)C2=C3O)cc1C=O. The van der Waals surface area contributed by atoms with E-state index in [1.54, 1.807) is 39.8 Å². The molecule has 0 heterocycles. The predicted molar refractivity (Wildman–Crippen MR) is 156 cm³/mol. The molecule has 2 aromatic rings. The van der Waals surface area contributed by atoms with Crippen LogP contribution in [0.5, 0.6) is 5.75 Å². The summed E-state index contributed by atoms with van der Waals surface area (Å²) in [4.78, 5) is 52.4. The van der Waals surface area contributed by atoms with Gasteiger partial charge in [0.05, 0.1) is 5.56 Å². The zero-order chi connectivity index (χ0) is 31.1. The Hall–Kier alpha value is -4.04. The van der Waals surface area contributed by atoms with E-state index in [2.05, 4.69) is 0 Å². The summed E-state index contributed by atoms with van der Waals surface area (Å²) < 4.78 is 0. The number of aliphatic hydroxyl groups is 3. The van der Waals surface area contributed by atoms with E-state index in [0.29, 0.717) is 28.7 Å². The lowest BCUT2D eigenvalue weighted by molar-refractivity contribution is -0.178. The molecular formula is C34H36O8. The Labute approximate surface area is 244 Å². The predicted octanol–water partition coefficient (Wildman–Crippen LogP) is 5.23. The van der Waals surface area contributed by atoms with E-state index in [9.17, 15) is 39.6 Å². The van der Waals surface area contributed by atoms with Gasteiger partial charge in [-0.2, -0.15) is 0 Å². The number of benzene rings is 2. The number of phenolic OH excluding ortho intramolecular Hbond substituents is 1. The quantitative estimate of drug-likeness (QED) is 0.281. The standard InChI is InChI=1S/C34H36O8/c1-7-18-8-9-19(12-20(18)14-35)21-10-11-23(37)25-22(21)13-32(5)15-33(6)26(16(2)3)28(38)24(17(4)36)30(40)34(33,42)31(41)27(32)29(25)39/h8-12,14,16,26,37,39-40,42H,7,13,15H2,1-6H3/t26?,32-,33-,34+/m1/s1. The van der Waals surface area contributed by atoms with E-state index in [1.807, 2.05) is 19.1 Å².